The zero-order valence-electron chi connectivity index (χ0n) is 11.9. The first-order valence-electron chi connectivity index (χ1n) is 6.54. The van der Waals surface area contributed by atoms with Gasteiger partial charge in [-0.05, 0) is 6.92 Å². The lowest BCUT2D eigenvalue weighted by Crippen LogP contribution is -2.36. The van der Waals surface area contributed by atoms with Crippen LogP contribution in [0.25, 0.3) is 4.96 Å². The first-order chi connectivity index (χ1) is 10.5. The van der Waals surface area contributed by atoms with Gasteiger partial charge in [-0.25, -0.2) is 4.98 Å². The van der Waals surface area contributed by atoms with Gasteiger partial charge >= 0.3 is 5.97 Å². The number of amides is 1. The van der Waals surface area contributed by atoms with Crippen LogP contribution >= 0.6 is 23.1 Å². The average molecular weight is 341 g/mol. The van der Waals surface area contributed by atoms with E-state index in [0.717, 1.165) is 0 Å². The zero-order chi connectivity index (χ0) is 16.1. The largest absolute Gasteiger partial charge is 0.480 e. The third-order valence-electron chi connectivity index (χ3n) is 2.89. The number of thioether (sulfide) groups is 1. The van der Waals surface area contributed by atoms with E-state index in [9.17, 15) is 14.4 Å². The molecule has 0 aliphatic heterocycles. The smallest absolute Gasteiger partial charge is 0.323 e. The summed E-state index contributed by atoms with van der Waals surface area (Å²) in [6.07, 6.45) is 1.67. The van der Waals surface area contributed by atoms with Crippen molar-refractivity contribution in [3.05, 3.63) is 33.7 Å². The molecule has 2 heterocycles. The lowest BCUT2D eigenvalue weighted by atomic mass is 10.4. The van der Waals surface area contributed by atoms with Gasteiger partial charge in [-0.3, -0.25) is 18.8 Å². The molecule has 0 spiro atoms. The average Bonchev–Trinajstić information content (AvgIpc) is 2.93. The van der Waals surface area contributed by atoms with Crippen molar-refractivity contribution in [2.24, 2.45) is 0 Å². The Morgan fingerprint density at radius 3 is 2.95 bits per heavy atom. The zero-order valence-corrected chi connectivity index (χ0v) is 13.5. The van der Waals surface area contributed by atoms with Gasteiger partial charge in [0.15, 0.2) is 4.96 Å². The van der Waals surface area contributed by atoms with E-state index in [1.54, 1.807) is 18.5 Å². The van der Waals surface area contributed by atoms with E-state index >= 15 is 0 Å². The van der Waals surface area contributed by atoms with Crippen molar-refractivity contribution in [2.45, 2.75) is 12.7 Å². The van der Waals surface area contributed by atoms with Crippen LogP contribution in [0, 0.1) is 0 Å². The quantitative estimate of drug-likeness (QED) is 0.805. The molecule has 0 unspecified atom stereocenters. The van der Waals surface area contributed by atoms with Crippen molar-refractivity contribution in [3.63, 3.8) is 0 Å². The fourth-order valence-electron chi connectivity index (χ4n) is 1.84. The highest BCUT2D eigenvalue weighted by Gasteiger charge is 2.15. The predicted octanol–water partition coefficient (Wildman–Crippen LogP) is 0.922. The second-order valence-corrected chi connectivity index (χ2v) is 6.29. The van der Waals surface area contributed by atoms with Crippen LogP contribution in [-0.2, 0) is 15.3 Å². The van der Waals surface area contributed by atoms with Gasteiger partial charge in [-0.2, -0.15) is 0 Å². The number of carbonyl (C=O) groups is 2. The van der Waals surface area contributed by atoms with E-state index in [4.69, 9.17) is 5.11 Å². The van der Waals surface area contributed by atoms with Gasteiger partial charge in [0.2, 0.25) is 5.91 Å². The Hall–Kier alpha value is -1.87. The lowest BCUT2D eigenvalue weighted by molar-refractivity contribution is -0.143. The Bertz CT molecular complexity index is 740. The number of thiazole rings is 1. The number of carbonyl (C=O) groups excluding carboxylic acids is 1. The molecule has 2 aromatic rings. The monoisotopic (exact) mass is 341 g/mol. The second-order valence-electron chi connectivity index (χ2n) is 4.44. The van der Waals surface area contributed by atoms with Gasteiger partial charge in [-0.1, -0.05) is 0 Å². The van der Waals surface area contributed by atoms with Crippen LogP contribution < -0.4 is 5.56 Å². The summed E-state index contributed by atoms with van der Waals surface area (Å²) >= 11 is 2.69. The van der Waals surface area contributed by atoms with Crippen LogP contribution in [0.4, 0.5) is 0 Å². The maximum atomic E-state index is 11.9. The summed E-state index contributed by atoms with van der Waals surface area (Å²) in [4.78, 5) is 40.6. The van der Waals surface area contributed by atoms with E-state index in [1.165, 1.54) is 38.5 Å². The molecule has 118 valence electrons. The number of fused-ring (bicyclic) bond motifs is 1. The number of aliphatic carboxylic acids is 1. The third-order valence-corrected chi connectivity index (χ3v) is 4.60. The molecule has 0 aliphatic rings. The van der Waals surface area contributed by atoms with Crippen LogP contribution in [0.3, 0.4) is 0 Å². The summed E-state index contributed by atoms with van der Waals surface area (Å²) in [6, 6.07) is 1.45. The minimum Gasteiger partial charge on any atom is -0.480 e. The van der Waals surface area contributed by atoms with Crippen LogP contribution in [0.5, 0.6) is 0 Å². The summed E-state index contributed by atoms with van der Waals surface area (Å²) in [6.45, 7) is 1.79. The highest BCUT2D eigenvalue weighted by molar-refractivity contribution is 7.99. The summed E-state index contributed by atoms with van der Waals surface area (Å²) in [5.74, 6) is -0.672. The van der Waals surface area contributed by atoms with E-state index < -0.39 is 5.97 Å². The van der Waals surface area contributed by atoms with Crippen LogP contribution in [0.2, 0.25) is 0 Å². The Balaban J connectivity index is 1.93. The number of hydrogen-bond acceptors (Lipinski definition) is 6. The highest BCUT2D eigenvalue weighted by atomic mass is 32.2. The molecule has 0 atom stereocenters. The maximum Gasteiger partial charge on any atom is 0.323 e. The van der Waals surface area contributed by atoms with Gasteiger partial charge in [0.25, 0.3) is 5.56 Å². The molecular formula is C13H15N3O4S2. The van der Waals surface area contributed by atoms with Crippen molar-refractivity contribution < 1.29 is 14.7 Å². The van der Waals surface area contributed by atoms with Crippen molar-refractivity contribution in [1.82, 2.24) is 14.3 Å². The summed E-state index contributed by atoms with van der Waals surface area (Å²) in [5.41, 5.74) is 0.473. The highest BCUT2D eigenvalue weighted by Crippen LogP contribution is 2.13. The topological polar surface area (TPSA) is 92.0 Å². The van der Waals surface area contributed by atoms with Gasteiger partial charge in [0, 0.05) is 29.9 Å². The predicted molar refractivity (Wildman–Crippen MR) is 85.4 cm³/mol. The van der Waals surface area contributed by atoms with Crippen LogP contribution in [0.15, 0.2) is 22.4 Å². The summed E-state index contributed by atoms with van der Waals surface area (Å²) < 4.78 is 1.47. The normalized spacial score (nSPS) is 10.8. The van der Waals surface area contributed by atoms with Crippen molar-refractivity contribution >= 4 is 39.9 Å². The van der Waals surface area contributed by atoms with Crippen LogP contribution in [-0.4, -0.2) is 50.1 Å². The molecule has 1 N–H and O–H groups in total. The Morgan fingerprint density at radius 2 is 2.27 bits per heavy atom. The molecule has 7 nitrogen and oxygen atoms in total. The number of aromatic nitrogens is 2. The van der Waals surface area contributed by atoms with E-state index in [1.807, 2.05) is 0 Å². The molecule has 22 heavy (non-hydrogen) atoms. The van der Waals surface area contributed by atoms with E-state index in [2.05, 4.69) is 4.98 Å². The SMILES string of the molecule is CCN(CC(=O)O)C(=O)CSCc1cc(=O)n2ccsc2n1. The molecule has 0 bridgehead atoms. The molecule has 0 saturated carbocycles. The standard InChI is InChI=1S/C13H15N3O4S2/c1-2-15(6-12(19)20)11(18)8-21-7-9-5-10(17)16-3-4-22-13(16)14-9/h3-5H,2,6-8H2,1H3,(H,19,20). The first kappa shape index (κ1) is 16.5. The van der Waals surface area contributed by atoms with Gasteiger partial charge in [-0.15, -0.1) is 23.1 Å². The number of likely N-dealkylation sites (N-methyl/N-ethyl adjacent to an activating group) is 1. The second kappa shape index (κ2) is 7.41. The van der Waals surface area contributed by atoms with Crippen molar-refractivity contribution in [1.29, 1.82) is 0 Å². The van der Waals surface area contributed by atoms with Gasteiger partial charge in [0.1, 0.15) is 6.54 Å². The Kier molecular flexibility index (Phi) is 5.56. The minimum atomic E-state index is -1.03. The fraction of sp³-hybridized carbons (Fsp3) is 0.385. The number of hydrogen-bond donors (Lipinski definition) is 1. The van der Waals surface area contributed by atoms with Gasteiger partial charge in [0.05, 0.1) is 11.4 Å². The number of rotatable bonds is 7. The molecule has 0 aromatic carbocycles. The number of carboxylic acid groups (broad SMARTS) is 1. The van der Waals surface area contributed by atoms with Crippen LogP contribution in [0.1, 0.15) is 12.6 Å². The summed E-state index contributed by atoms with van der Waals surface area (Å²) in [5, 5.41) is 10.5. The fourth-order valence-corrected chi connectivity index (χ4v) is 3.39. The van der Waals surface area contributed by atoms with Crippen molar-refractivity contribution in [3.8, 4) is 0 Å². The molecule has 0 aliphatic carbocycles. The molecule has 2 rings (SSSR count). The maximum absolute atomic E-state index is 11.9. The molecule has 2 aromatic heterocycles. The number of nitrogens with zero attached hydrogens (tertiary/aromatic N) is 3. The lowest BCUT2D eigenvalue weighted by Gasteiger charge is -2.18. The molecule has 0 fully saturated rings. The first-order valence-corrected chi connectivity index (χ1v) is 8.57. The Labute approximate surface area is 134 Å². The molecule has 9 heteroatoms. The van der Waals surface area contributed by atoms with E-state index in [0.29, 0.717) is 23.0 Å². The minimum absolute atomic E-state index is 0.144. The molecule has 0 saturated heterocycles. The molecular weight excluding hydrogens is 326 g/mol. The number of carboxylic acids is 1. The third kappa shape index (κ3) is 4.08. The molecule has 1 amide bonds. The molecule has 0 radical (unpaired) electrons. The van der Waals surface area contributed by atoms with Crippen molar-refractivity contribution in [2.75, 3.05) is 18.8 Å². The Morgan fingerprint density at radius 1 is 1.50 bits per heavy atom. The van der Waals surface area contributed by atoms with E-state index in [-0.39, 0.29) is 23.8 Å². The summed E-state index contributed by atoms with van der Waals surface area (Å²) in [7, 11) is 0. The van der Waals surface area contributed by atoms with Gasteiger partial charge < -0.3 is 10.0 Å².